The number of nitrogens with one attached hydrogen (secondary N) is 1. The van der Waals surface area contributed by atoms with Crippen LogP contribution in [0.4, 0.5) is 0 Å². The number of amides is 2. The molecule has 21 heavy (non-hydrogen) atoms. The molecule has 1 aliphatic heterocycles. The average Bonchev–Trinajstić information content (AvgIpc) is 3.13. The highest BCUT2D eigenvalue weighted by Gasteiger charge is 2.31. The molecule has 0 bridgehead atoms. The number of carbonyl (C=O) groups is 3. The number of methoxy groups -OCH3 is 1. The molecule has 1 saturated heterocycles. The molecule has 7 heteroatoms. The Labute approximate surface area is 124 Å². The maximum atomic E-state index is 12.1. The van der Waals surface area contributed by atoms with Crippen LogP contribution in [0.25, 0.3) is 0 Å². The minimum absolute atomic E-state index is 0.0869. The van der Waals surface area contributed by atoms with Gasteiger partial charge in [-0.05, 0) is 25.8 Å². The molecule has 7 nitrogen and oxygen atoms in total. The first-order valence-electron chi connectivity index (χ1n) is 7.33. The van der Waals surface area contributed by atoms with Crippen LogP contribution in [-0.2, 0) is 19.1 Å². The third-order valence-corrected chi connectivity index (χ3v) is 3.91. The van der Waals surface area contributed by atoms with Crippen LogP contribution in [0.15, 0.2) is 0 Å². The molecule has 1 aliphatic carbocycles. The summed E-state index contributed by atoms with van der Waals surface area (Å²) in [5.41, 5.74) is 0. The van der Waals surface area contributed by atoms with Gasteiger partial charge in [-0.1, -0.05) is 0 Å². The predicted molar refractivity (Wildman–Crippen MR) is 75.4 cm³/mol. The van der Waals surface area contributed by atoms with Crippen molar-refractivity contribution in [1.29, 1.82) is 0 Å². The zero-order valence-corrected chi connectivity index (χ0v) is 12.6. The second-order valence-electron chi connectivity index (χ2n) is 5.84. The third-order valence-electron chi connectivity index (χ3n) is 3.91. The minimum atomic E-state index is -0.220. The number of hydrogen-bond donors (Lipinski definition) is 1. The molecule has 0 aromatic carbocycles. The topological polar surface area (TPSA) is 79.0 Å². The lowest BCUT2D eigenvalue weighted by molar-refractivity contribution is -0.145. The summed E-state index contributed by atoms with van der Waals surface area (Å²) < 4.78 is 4.72. The summed E-state index contributed by atoms with van der Waals surface area (Å²) >= 11 is 0. The van der Waals surface area contributed by atoms with E-state index >= 15 is 0 Å². The van der Waals surface area contributed by atoms with Crippen LogP contribution in [0.3, 0.4) is 0 Å². The second kappa shape index (κ2) is 6.89. The Morgan fingerprint density at radius 3 is 2.62 bits per heavy atom. The third kappa shape index (κ3) is 4.70. The van der Waals surface area contributed by atoms with E-state index in [-0.39, 0.29) is 36.8 Å². The highest BCUT2D eigenvalue weighted by molar-refractivity contribution is 5.85. The van der Waals surface area contributed by atoms with Gasteiger partial charge in [-0.3, -0.25) is 19.3 Å². The Hall–Kier alpha value is -1.63. The van der Waals surface area contributed by atoms with Crippen LogP contribution in [-0.4, -0.2) is 74.0 Å². The molecule has 0 aromatic rings. The largest absolute Gasteiger partial charge is 0.469 e. The number of esters is 1. The van der Waals surface area contributed by atoms with Gasteiger partial charge in [0, 0.05) is 19.6 Å². The quantitative estimate of drug-likeness (QED) is 0.651. The fraction of sp³-hybridized carbons (Fsp3) is 0.786. The molecule has 2 amide bonds. The molecule has 0 aromatic heterocycles. The zero-order valence-electron chi connectivity index (χ0n) is 12.6. The molecule has 1 heterocycles. The molecule has 2 rings (SSSR count). The highest BCUT2D eigenvalue weighted by Crippen LogP contribution is 2.18. The number of hydrogen-bond acceptors (Lipinski definition) is 5. The summed E-state index contributed by atoms with van der Waals surface area (Å²) in [5.74, 6) is -0.581. The van der Waals surface area contributed by atoms with E-state index in [0.717, 1.165) is 12.8 Å². The Bertz CT molecular complexity index is 422. The van der Waals surface area contributed by atoms with Gasteiger partial charge in [0.1, 0.15) is 0 Å². The van der Waals surface area contributed by atoms with Gasteiger partial charge >= 0.3 is 5.97 Å². The van der Waals surface area contributed by atoms with Crippen molar-refractivity contribution in [2.24, 2.45) is 5.92 Å². The van der Waals surface area contributed by atoms with Crippen molar-refractivity contribution >= 4 is 17.8 Å². The Balaban J connectivity index is 1.70. The molecule has 2 aliphatic rings. The van der Waals surface area contributed by atoms with Gasteiger partial charge in [-0.25, -0.2) is 0 Å². The van der Waals surface area contributed by atoms with Crippen molar-refractivity contribution in [3.8, 4) is 0 Å². The first-order chi connectivity index (χ1) is 9.99. The van der Waals surface area contributed by atoms with Crippen molar-refractivity contribution in [2.45, 2.75) is 25.3 Å². The first-order valence-corrected chi connectivity index (χ1v) is 7.33. The van der Waals surface area contributed by atoms with Crippen LogP contribution in [0.1, 0.15) is 19.3 Å². The smallest absolute Gasteiger partial charge is 0.310 e. The lowest BCUT2D eigenvalue weighted by atomic mass is 10.1. The maximum Gasteiger partial charge on any atom is 0.310 e. The van der Waals surface area contributed by atoms with E-state index in [1.807, 2.05) is 4.90 Å². The molecule has 1 N–H and O–H groups in total. The molecule has 0 radical (unpaired) electrons. The van der Waals surface area contributed by atoms with Crippen LogP contribution in [0, 0.1) is 5.92 Å². The van der Waals surface area contributed by atoms with E-state index in [4.69, 9.17) is 4.74 Å². The fourth-order valence-corrected chi connectivity index (χ4v) is 2.45. The van der Waals surface area contributed by atoms with Crippen molar-refractivity contribution in [3.63, 3.8) is 0 Å². The second-order valence-corrected chi connectivity index (χ2v) is 5.84. The normalized spacial score (nSPS) is 21.9. The number of rotatable bonds is 6. The van der Waals surface area contributed by atoms with Gasteiger partial charge in [0.05, 0.1) is 26.1 Å². The van der Waals surface area contributed by atoms with E-state index in [2.05, 4.69) is 5.32 Å². The van der Waals surface area contributed by atoms with E-state index in [0.29, 0.717) is 25.6 Å². The van der Waals surface area contributed by atoms with Gasteiger partial charge in [0.25, 0.3) is 0 Å². The van der Waals surface area contributed by atoms with E-state index in [9.17, 15) is 14.4 Å². The van der Waals surface area contributed by atoms with Crippen LogP contribution >= 0.6 is 0 Å². The van der Waals surface area contributed by atoms with E-state index < -0.39 is 0 Å². The number of nitrogens with zero attached hydrogens (tertiary/aromatic N) is 2. The first kappa shape index (κ1) is 15.8. The van der Waals surface area contributed by atoms with Gasteiger partial charge < -0.3 is 15.0 Å². The molecular weight excluding hydrogens is 274 g/mol. The number of likely N-dealkylation sites (tertiary alicyclic amines) is 1. The molecule has 118 valence electrons. The van der Waals surface area contributed by atoms with Crippen molar-refractivity contribution < 1.29 is 19.1 Å². The number of carbonyl (C=O) groups excluding carboxylic acids is 3. The minimum Gasteiger partial charge on any atom is -0.469 e. The summed E-state index contributed by atoms with van der Waals surface area (Å²) in [6.45, 7) is 1.57. The monoisotopic (exact) mass is 297 g/mol. The predicted octanol–water partition coefficient (Wildman–Crippen LogP) is -0.782. The van der Waals surface area contributed by atoms with E-state index in [1.165, 1.54) is 12.0 Å². The SMILES string of the molecule is COC(=O)C1CCN(CC(=O)N(C)CC(=O)NC2CC2)C1. The highest BCUT2D eigenvalue weighted by atomic mass is 16.5. The zero-order chi connectivity index (χ0) is 15.4. The summed E-state index contributed by atoms with van der Waals surface area (Å²) in [6.07, 6.45) is 2.78. The van der Waals surface area contributed by atoms with Crippen molar-refractivity contribution in [1.82, 2.24) is 15.1 Å². The molecule has 1 atom stereocenters. The fourth-order valence-electron chi connectivity index (χ4n) is 2.45. The maximum absolute atomic E-state index is 12.1. The Kier molecular flexibility index (Phi) is 5.17. The number of likely N-dealkylation sites (N-methyl/N-ethyl adjacent to an activating group) is 1. The lowest BCUT2D eigenvalue weighted by Crippen LogP contribution is -2.43. The summed E-state index contributed by atoms with van der Waals surface area (Å²) in [4.78, 5) is 38.5. The van der Waals surface area contributed by atoms with E-state index in [1.54, 1.807) is 7.05 Å². The van der Waals surface area contributed by atoms with Gasteiger partial charge in [-0.2, -0.15) is 0 Å². The Morgan fingerprint density at radius 2 is 2.00 bits per heavy atom. The van der Waals surface area contributed by atoms with Crippen LogP contribution in [0.5, 0.6) is 0 Å². The lowest BCUT2D eigenvalue weighted by Gasteiger charge is -2.21. The summed E-state index contributed by atoms with van der Waals surface area (Å²) in [5, 5.41) is 2.86. The molecule has 1 unspecified atom stereocenters. The molecule has 2 fully saturated rings. The Morgan fingerprint density at radius 1 is 1.29 bits per heavy atom. The summed E-state index contributed by atoms with van der Waals surface area (Å²) in [6, 6.07) is 0.306. The van der Waals surface area contributed by atoms with Crippen LogP contribution in [0.2, 0.25) is 0 Å². The molecule has 0 spiro atoms. The number of ether oxygens (including phenoxy) is 1. The molecular formula is C14H23N3O4. The van der Waals surface area contributed by atoms with Crippen LogP contribution < -0.4 is 5.32 Å². The van der Waals surface area contributed by atoms with Crippen molar-refractivity contribution in [3.05, 3.63) is 0 Å². The van der Waals surface area contributed by atoms with Gasteiger partial charge in [0.15, 0.2) is 0 Å². The standard InChI is InChI=1S/C14H23N3O4/c1-16(8-12(18)15-11-3-4-11)13(19)9-17-6-5-10(7-17)14(20)21-2/h10-11H,3-9H2,1-2H3,(H,15,18). The molecule has 1 saturated carbocycles. The van der Waals surface area contributed by atoms with Gasteiger partial charge in [-0.15, -0.1) is 0 Å². The van der Waals surface area contributed by atoms with Gasteiger partial charge in [0.2, 0.25) is 11.8 Å². The van der Waals surface area contributed by atoms with Crippen molar-refractivity contribution in [2.75, 3.05) is 40.3 Å². The summed E-state index contributed by atoms with van der Waals surface area (Å²) in [7, 11) is 3.01. The average molecular weight is 297 g/mol.